The number of carbonyl (C=O) groups is 1. The number of imidazole rings is 1. The van der Waals surface area contributed by atoms with Crippen molar-refractivity contribution in [2.75, 3.05) is 5.32 Å². The molecule has 0 fully saturated rings. The minimum absolute atomic E-state index is 0.0877. The van der Waals surface area contributed by atoms with Crippen molar-refractivity contribution in [1.82, 2.24) is 19.9 Å². The van der Waals surface area contributed by atoms with Crippen molar-refractivity contribution in [2.24, 2.45) is 0 Å². The lowest BCUT2D eigenvalue weighted by Gasteiger charge is -2.04. The summed E-state index contributed by atoms with van der Waals surface area (Å²) in [7, 11) is 0. The smallest absolute Gasteiger partial charge is 0.233 e. The largest absolute Gasteiger partial charge is 0.508 e. The summed E-state index contributed by atoms with van der Waals surface area (Å²) in [4.78, 5) is 26.8. The Hall–Kier alpha value is -2.67. The maximum atomic E-state index is 11.9. The number of phenols is 1. The van der Waals surface area contributed by atoms with Gasteiger partial charge in [-0.1, -0.05) is 23.7 Å². The van der Waals surface area contributed by atoms with Crippen LogP contribution < -0.4 is 5.32 Å². The first-order valence-corrected chi connectivity index (χ1v) is 6.44. The van der Waals surface area contributed by atoms with Gasteiger partial charge in [-0.3, -0.25) is 10.1 Å². The Morgan fingerprint density at radius 1 is 1.38 bits per heavy atom. The fourth-order valence-corrected chi connectivity index (χ4v) is 2.09. The third-order valence-corrected chi connectivity index (χ3v) is 3.04. The zero-order chi connectivity index (χ0) is 14.8. The lowest BCUT2D eigenvalue weighted by Crippen LogP contribution is -2.16. The van der Waals surface area contributed by atoms with Crippen LogP contribution in [0.25, 0.3) is 11.2 Å². The number of nitrogens with zero attached hydrogens (tertiary/aromatic N) is 3. The van der Waals surface area contributed by atoms with Gasteiger partial charge in [0, 0.05) is 0 Å². The number of halogens is 1. The minimum atomic E-state index is -0.313. The van der Waals surface area contributed by atoms with Crippen molar-refractivity contribution in [3.05, 3.63) is 41.3 Å². The number of fused-ring (bicyclic) bond motifs is 1. The van der Waals surface area contributed by atoms with E-state index in [-0.39, 0.29) is 29.2 Å². The summed E-state index contributed by atoms with van der Waals surface area (Å²) in [6, 6.07) is 6.46. The molecule has 1 aromatic carbocycles. The Bertz CT molecular complexity index is 817. The molecule has 0 spiro atoms. The van der Waals surface area contributed by atoms with Gasteiger partial charge in [0.05, 0.1) is 12.7 Å². The molecule has 0 radical (unpaired) electrons. The third-order valence-electron chi connectivity index (χ3n) is 2.77. The Morgan fingerprint density at radius 2 is 2.24 bits per heavy atom. The van der Waals surface area contributed by atoms with E-state index in [1.165, 1.54) is 18.5 Å². The van der Waals surface area contributed by atoms with Gasteiger partial charge in [-0.25, -0.2) is 4.98 Å². The van der Waals surface area contributed by atoms with Crippen LogP contribution >= 0.6 is 11.6 Å². The summed E-state index contributed by atoms with van der Waals surface area (Å²) >= 11 is 5.96. The highest BCUT2D eigenvalue weighted by atomic mass is 35.5. The zero-order valence-electron chi connectivity index (χ0n) is 10.7. The molecule has 8 heteroatoms. The summed E-state index contributed by atoms with van der Waals surface area (Å²) < 4.78 is 0. The molecule has 2 heterocycles. The van der Waals surface area contributed by atoms with E-state index in [0.717, 1.165) is 0 Å². The highest BCUT2D eigenvalue weighted by molar-refractivity contribution is 6.33. The van der Waals surface area contributed by atoms with Crippen LogP contribution in [0.2, 0.25) is 5.15 Å². The number of carbonyl (C=O) groups excluding carboxylic acids is 1. The number of aromatic amines is 1. The van der Waals surface area contributed by atoms with Crippen LogP contribution in [-0.4, -0.2) is 30.9 Å². The lowest BCUT2D eigenvalue weighted by atomic mass is 10.1. The van der Waals surface area contributed by atoms with Crippen LogP contribution in [0.3, 0.4) is 0 Å². The van der Waals surface area contributed by atoms with Crippen molar-refractivity contribution < 1.29 is 9.90 Å². The van der Waals surface area contributed by atoms with E-state index in [1.54, 1.807) is 12.1 Å². The molecule has 0 atom stereocenters. The second-order valence-corrected chi connectivity index (χ2v) is 4.69. The summed E-state index contributed by atoms with van der Waals surface area (Å²) in [6.07, 6.45) is 1.54. The number of hydrogen-bond acceptors (Lipinski definition) is 5. The Kier molecular flexibility index (Phi) is 3.41. The van der Waals surface area contributed by atoms with E-state index in [4.69, 9.17) is 11.6 Å². The normalized spacial score (nSPS) is 10.7. The zero-order valence-corrected chi connectivity index (χ0v) is 11.4. The highest BCUT2D eigenvalue weighted by Gasteiger charge is 2.11. The molecule has 3 aromatic rings. The summed E-state index contributed by atoms with van der Waals surface area (Å²) in [5, 5.41) is 12.1. The fraction of sp³-hybridized carbons (Fsp3) is 0.0769. The van der Waals surface area contributed by atoms with Gasteiger partial charge in [0.2, 0.25) is 11.9 Å². The molecule has 0 aliphatic rings. The lowest BCUT2D eigenvalue weighted by molar-refractivity contribution is -0.115. The molecule has 0 saturated heterocycles. The molecule has 0 saturated carbocycles. The minimum Gasteiger partial charge on any atom is -0.508 e. The van der Waals surface area contributed by atoms with Crippen LogP contribution in [0.5, 0.6) is 5.75 Å². The molecule has 7 nitrogen and oxygen atoms in total. The summed E-state index contributed by atoms with van der Waals surface area (Å²) in [6.45, 7) is 0. The molecule has 3 rings (SSSR count). The molecular formula is C13H10ClN5O2. The first-order chi connectivity index (χ1) is 10.1. The van der Waals surface area contributed by atoms with Gasteiger partial charge >= 0.3 is 0 Å². The quantitative estimate of drug-likeness (QED) is 0.641. The first kappa shape index (κ1) is 13.3. The van der Waals surface area contributed by atoms with Crippen LogP contribution in [-0.2, 0) is 11.2 Å². The molecular weight excluding hydrogens is 294 g/mol. The van der Waals surface area contributed by atoms with Crippen molar-refractivity contribution in [3.63, 3.8) is 0 Å². The maximum absolute atomic E-state index is 11.9. The Morgan fingerprint density at radius 3 is 3.05 bits per heavy atom. The van der Waals surface area contributed by atoms with Crippen molar-refractivity contribution >= 4 is 34.6 Å². The molecule has 21 heavy (non-hydrogen) atoms. The molecule has 0 aliphatic heterocycles. The third kappa shape index (κ3) is 2.92. The van der Waals surface area contributed by atoms with Gasteiger partial charge in [0.15, 0.2) is 10.8 Å². The maximum Gasteiger partial charge on any atom is 0.233 e. The van der Waals surface area contributed by atoms with Gasteiger partial charge in [-0.15, -0.1) is 0 Å². The van der Waals surface area contributed by atoms with Crippen LogP contribution in [0.4, 0.5) is 5.95 Å². The number of anilines is 1. The van der Waals surface area contributed by atoms with Gasteiger partial charge in [0.1, 0.15) is 11.3 Å². The number of amides is 1. The van der Waals surface area contributed by atoms with Gasteiger partial charge in [0.25, 0.3) is 0 Å². The fourth-order valence-electron chi connectivity index (χ4n) is 1.87. The van der Waals surface area contributed by atoms with Gasteiger partial charge in [-0.05, 0) is 17.7 Å². The highest BCUT2D eigenvalue weighted by Crippen LogP contribution is 2.18. The van der Waals surface area contributed by atoms with Gasteiger partial charge < -0.3 is 10.1 Å². The van der Waals surface area contributed by atoms with E-state index < -0.39 is 0 Å². The van der Waals surface area contributed by atoms with Crippen LogP contribution in [0, 0.1) is 0 Å². The molecule has 0 unspecified atom stereocenters. The first-order valence-electron chi connectivity index (χ1n) is 6.06. The van der Waals surface area contributed by atoms with Crippen LogP contribution in [0.15, 0.2) is 30.6 Å². The second-order valence-electron chi connectivity index (χ2n) is 4.33. The number of aromatic hydroxyl groups is 1. The number of nitrogens with one attached hydrogen (secondary N) is 2. The molecule has 0 bridgehead atoms. The number of benzene rings is 1. The predicted octanol–water partition coefficient (Wildman–Crippen LogP) is 1.89. The average molecular weight is 304 g/mol. The van der Waals surface area contributed by atoms with Crippen LogP contribution in [0.1, 0.15) is 5.56 Å². The average Bonchev–Trinajstić information content (AvgIpc) is 2.87. The van der Waals surface area contributed by atoms with E-state index in [1.807, 2.05) is 0 Å². The molecule has 2 aromatic heterocycles. The number of aromatic nitrogens is 4. The summed E-state index contributed by atoms with van der Waals surface area (Å²) in [5.41, 5.74) is 1.57. The monoisotopic (exact) mass is 303 g/mol. The predicted molar refractivity (Wildman–Crippen MR) is 77.1 cm³/mol. The summed E-state index contributed by atoms with van der Waals surface area (Å²) in [5.74, 6) is -0.117. The number of rotatable bonds is 3. The van der Waals surface area contributed by atoms with E-state index in [2.05, 4.69) is 25.3 Å². The second kappa shape index (κ2) is 5.37. The molecule has 106 valence electrons. The molecule has 1 amide bonds. The molecule has 0 aliphatic carbocycles. The Balaban J connectivity index is 1.77. The van der Waals surface area contributed by atoms with Crippen molar-refractivity contribution in [3.8, 4) is 5.75 Å². The number of phenolic OH excluding ortho intramolecular Hbond substituents is 1. The van der Waals surface area contributed by atoms with Crippen molar-refractivity contribution in [2.45, 2.75) is 6.42 Å². The standard InChI is InChI=1S/C13H10ClN5O2/c14-11-10-12(16-6-15-10)19-13(18-11)17-9(21)5-7-2-1-3-8(20)4-7/h1-4,6,20H,5H2,(H2,15,16,17,18,19,21). The van der Waals surface area contributed by atoms with E-state index in [0.29, 0.717) is 16.7 Å². The SMILES string of the molecule is O=C(Cc1cccc(O)c1)Nc1nc(Cl)c2[nH]cnc2n1. The number of H-pyrrole nitrogens is 1. The topological polar surface area (TPSA) is 104 Å². The van der Waals surface area contributed by atoms with Crippen molar-refractivity contribution in [1.29, 1.82) is 0 Å². The van der Waals surface area contributed by atoms with E-state index >= 15 is 0 Å². The number of hydrogen-bond donors (Lipinski definition) is 3. The van der Waals surface area contributed by atoms with E-state index in [9.17, 15) is 9.90 Å². The van der Waals surface area contributed by atoms with Gasteiger partial charge in [-0.2, -0.15) is 9.97 Å². The Labute approximate surface area is 124 Å². The molecule has 3 N–H and O–H groups in total.